The number of aromatic nitrogens is 1. The summed E-state index contributed by atoms with van der Waals surface area (Å²) < 4.78 is 2.67. The monoisotopic (exact) mass is 970 g/mol. The van der Waals surface area contributed by atoms with Gasteiger partial charge >= 0.3 is 0 Å². The SMILES string of the molecule is CC(C)(C)c1ccc(N(c2ccc(C(C)(C)C)cc2)c2c(-n3c4ccc(C(C)(C)C)cc4c4cc(C(C)(C)C)ccc43)cc3c4c2B2c5ccccc5-c5cccc(c52)N4c2cccc4c2B3c2ccccc2-4)cc1. The minimum absolute atomic E-state index is 0.0144. The molecule has 5 heterocycles. The van der Waals surface area contributed by atoms with Crippen LogP contribution in [0.25, 0.3) is 49.7 Å². The fraction of sp³-hybridized carbons (Fsp3) is 0.229. The first-order valence-corrected chi connectivity index (χ1v) is 27.3. The highest BCUT2D eigenvalue weighted by atomic mass is 15.2. The Hall–Kier alpha value is -7.49. The molecule has 4 aliphatic heterocycles. The van der Waals surface area contributed by atoms with Crippen molar-refractivity contribution >= 4 is 102 Å². The fourth-order valence-electron chi connectivity index (χ4n) is 13.5. The zero-order valence-corrected chi connectivity index (χ0v) is 45.7. The second-order valence-corrected chi connectivity index (χ2v) is 26.2. The Bertz CT molecular complexity index is 3910. The quantitative estimate of drug-likeness (QED) is 0.163. The van der Waals surface area contributed by atoms with Crippen molar-refractivity contribution < 1.29 is 0 Å². The van der Waals surface area contributed by atoms with E-state index in [0.29, 0.717) is 0 Å². The van der Waals surface area contributed by atoms with E-state index in [9.17, 15) is 0 Å². The van der Waals surface area contributed by atoms with Crippen molar-refractivity contribution in [2.45, 2.75) is 105 Å². The van der Waals surface area contributed by atoms with Crippen LogP contribution in [0.15, 0.2) is 176 Å². The third-order valence-electron chi connectivity index (χ3n) is 17.4. The highest BCUT2D eigenvalue weighted by Crippen LogP contribution is 2.50. The topological polar surface area (TPSA) is 11.4 Å². The van der Waals surface area contributed by atoms with Crippen molar-refractivity contribution in [1.29, 1.82) is 0 Å². The minimum atomic E-state index is -0.0491. The van der Waals surface area contributed by atoms with Crippen molar-refractivity contribution in [2.24, 2.45) is 0 Å². The first kappa shape index (κ1) is 46.1. The summed E-state index contributed by atoms with van der Waals surface area (Å²) in [5.41, 5.74) is 29.7. The van der Waals surface area contributed by atoms with Crippen LogP contribution < -0.4 is 42.6 Å². The van der Waals surface area contributed by atoms with Gasteiger partial charge < -0.3 is 14.4 Å². The van der Waals surface area contributed by atoms with Crippen LogP contribution in [0.5, 0.6) is 0 Å². The molecule has 9 aromatic carbocycles. The molecule has 0 bridgehead atoms. The second kappa shape index (κ2) is 15.5. The van der Waals surface area contributed by atoms with Gasteiger partial charge in [-0.2, -0.15) is 0 Å². The highest BCUT2D eigenvalue weighted by Gasteiger charge is 2.52. The molecule has 0 unspecified atom stereocenters. The Morgan fingerprint density at radius 3 is 1.23 bits per heavy atom. The summed E-state index contributed by atoms with van der Waals surface area (Å²) in [7, 11) is 0. The molecule has 0 N–H and O–H groups in total. The Kier molecular flexibility index (Phi) is 9.55. The molecule has 5 heteroatoms. The van der Waals surface area contributed by atoms with Gasteiger partial charge in [0.15, 0.2) is 0 Å². The molecule has 0 atom stereocenters. The van der Waals surface area contributed by atoms with Crippen LogP contribution in [-0.4, -0.2) is 18.0 Å². The molecule has 0 amide bonds. The third-order valence-corrected chi connectivity index (χ3v) is 17.4. The molecule has 4 aliphatic rings. The molecular weight excluding hydrogens is 904 g/mol. The van der Waals surface area contributed by atoms with Crippen LogP contribution in [0.2, 0.25) is 0 Å². The van der Waals surface area contributed by atoms with Crippen molar-refractivity contribution in [3.8, 4) is 27.9 Å². The van der Waals surface area contributed by atoms with Crippen LogP contribution in [-0.2, 0) is 21.7 Å². The van der Waals surface area contributed by atoms with Crippen molar-refractivity contribution in [2.75, 3.05) is 9.80 Å². The number of nitrogens with zero attached hydrogens (tertiary/aromatic N) is 3. The second-order valence-electron chi connectivity index (χ2n) is 26.2. The van der Waals surface area contributed by atoms with Gasteiger partial charge in [0.1, 0.15) is 0 Å². The van der Waals surface area contributed by atoms with Crippen LogP contribution in [0.4, 0.5) is 34.1 Å². The molecule has 0 radical (unpaired) electrons. The molecule has 0 saturated heterocycles. The van der Waals surface area contributed by atoms with E-state index in [-0.39, 0.29) is 35.1 Å². The Balaban J connectivity index is 1.21. The summed E-state index contributed by atoms with van der Waals surface area (Å²) in [6.07, 6.45) is 0. The molecule has 0 spiro atoms. The van der Waals surface area contributed by atoms with Crippen molar-refractivity contribution in [1.82, 2.24) is 4.57 Å². The zero-order valence-electron chi connectivity index (χ0n) is 45.7. The van der Waals surface area contributed by atoms with E-state index >= 15 is 0 Å². The van der Waals surface area contributed by atoms with Gasteiger partial charge in [-0.05, 0) is 155 Å². The van der Waals surface area contributed by atoms with E-state index in [1.807, 2.05) is 0 Å². The molecule has 366 valence electrons. The highest BCUT2D eigenvalue weighted by molar-refractivity contribution is 7.06. The maximum absolute atomic E-state index is 2.70. The largest absolute Gasteiger partial charge is 0.312 e. The third kappa shape index (κ3) is 6.62. The summed E-state index contributed by atoms with van der Waals surface area (Å²) in [4.78, 5) is 5.34. The molecule has 1 aromatic heterocycles. The van der Waals surface area contributed by atoms with Crippen molar-refractivity contribution in [3.63, 3.8) is 0 Å². The predicted molar refractivity (Wildman–Crippen MR) is 325 cm³/mol. The molecule has 75 heavy (non-hydrogen) atoms. The summed E-state index contributed by atoms with van der Waals surface area (Å²) >= 11 is 0. The summed E-state index contributed by atoms with van der Waals surface area (Å²) in [6, 6.07) is 69.0. The lowest BCUT2D eigenvalue weighted by atomic mass is 9.32. The van der Waals surface area contributed by atoms with Gasteiger partial charge in [-0.15, -0.1) is 0 Å². The molecule has 0 saturated carbocycles. The number of hydrogen-bond donors (Lipinski definition) is 0. The molecular formula is C70H65B2N3. The zero-order chi connectivity index (χ0) is 51.8. The average Bonchev–Trinajstić information content (AvgIpc) is 4.23. The van der Waals surface area contributed by atoms with Crippen LogP contribution in [0, 0.1) is 0 Å². The standard InChI is InChI=1S/C70H65B2N3/c1-67(2,3)42-27-33-46(34-28-42)73(47-35-29-43(30-36-47)68(4,5)6)66-61(74-57-37-31-44(69(7,8)9)39-52(57)53-40-45(70(10,11)12)32-38-58(53)74)41-56-65-64(66)72-55-24-16-14-20-49(55)51-22-18-26-60(63(51)72)75(65)59-25-17-21-50-48-19-13-15-23-54(48)71(56)62(50)59/h13-41H,1-12H3. The maximum atomic E-state index is 2.70. The molecule has 0 fully saturated rings. The van der Waals surface area contributed by atoms with Crippen molar-refractivity contribution in [3.05, 3.63) is 198 Å². The first-order chi connectivity index (χ1) is 35.8. The lowest BCUT2D eigenvalue weighted by Gasteiger charge is -2.45. The van der Waals surface area contributed by atoms with E-state index < -0.39 is 0 Å². The summed E-state index contributed by atoms with van der Waals surface area (Å²) in [6.45, 7) is 28.0. The van der Waals surface area contributed by atoms with Gasteiger partial charge in [-0.25, -0.2) is 0 Å². The van der Waals surface area contributed by atoms with Crippen LogP contribution in [0.3, 0.4) is 0 Å². The van der Waals surface area contributed by atoms with Gasteiger partial charge in [-0.3, -0.25) is 0 Å². The number of benzene rings is 9. The Labute approximate surface area is 445 Å². The number of anilines is 6. The average molecular weight is 970 g/mol. The maximum Gasteiger partial charge on any atom is 0.251 e. The van der Waals surface area contributed by atoms with E-state index in [4.69, 9.17) is 0 Å². The molecule has 14 rings (SSSR count). The van der Waals surface area contributed by atoms with Crippen LogP contribution >= 0.6 is 0 Å². The van der Waals surface area contributed by atoms with Gasteiger partial charge in [0, 0.05) is 39.2 Å². The Morgan fingerprint density at radius 1 is 0.347 bits per heavy atom. The number of fused-ring (bicyclic) bond motifs is 13. The normalized spacial score (nSPS) is 14.1. The van der Waals surface area contributed by atoms with E-state index in [1.165, 1.54) is 128 Å². The number of rotatable bonds is 4. The molecule has 3 nitrogen and oxygen atoms in total. The molecule has 10 aromatic rings. The van der Waals surface area contributed by atoms with E-state index in [2.05, 4.69) is 273 Å². The number of hydrogen-bond acceptors (Lipinski definition) is 2. The smallest absolute Gasteiger partial charge is 0.251 e. The summed E-state index contributed by atoms with van der Waals surface area (Å²) in [5.74, 6) is 0. The van der Waals surface area contributed by atoms with Gasteiger partial charge in [0.2, 0.25) is 6.71 Å². The van der Waals surface area contributed by atoms with Gasteiger partial charge in [0.05, 0.1) is 22.4 Å². The van der Waals surface area contributed by atoms with Gasteiger partial charge in [0.25, 0.3) is 6.71 Å². The summed E-state index contributed by atoms with van der Waals surface area (Å²) in [5, 5.41) is 2.58. The van der Waals surface area contributed by atoms with Crippen LogP contribution in [0.1, 0.15) is 105 Å². The minimum Gasteiger partial charge on any atom is -0.312 e. The fourth-order valence-corrected chi connectivity index (χ4v) is 13.5. The Morgan fingerprint density at radius 2 is 0.760 bits per heavy atom. The lowest BCUT2D eigenvalue weighted by Crippen LogP contribution is -2.63. The van der Waals surface area contributed by atoms with E-state index in [0.717, 1.165) is 11.4 Å². The first-order valence-electron chi connectivity index (χ1n) is 27.3. The van der Waals surface area contributed by atoms with Gasteiger partial charge in [-0.1, -0.05) is 203 Å². The predicted octanol–water partition coefficient (Wildman–Crippen LogP) is 14.5. The van der Waals surface area contributed by atoms with E-state index in [1.54, 1.807) is 0 Å². The molecule has 0 aliphatic carbocycles. The lowest BCUT2D eigenvalue weighted by molar-refractivity contribution is 0.590.